The van der Waals surface area contributed by atoms with E-state index >= 15 is 0 Å². The number of piperidine rings is 1. The van der Waals surface area contributed by atoms with Gasteiger partial charge >= 0.3 is 0 Å². The third-order valence-electron chi connectivity index (χ3n) is 6.50. The van der Waals surface area contributed by atoms with Gasteiger partial charge in [-0.2, -0.15) is 4.52 Å². The van der Waals surface area contributed by atoms with Gasteiger partial charge < -0.3 is 20.0 Å². The zero-order valence-electron chi connectivity index (χ0n) is 18.5. The standard InChI is InChI=1S/C23H28N8O2/c32-22(30-14-12-28(13-15-30)19-4-2-1-3-5-19)16-24-23(33)18-8-10-29(11-9-18)21-7-6-20-26-25-17-31(20)27-21/h1-7,17-18H,8-16H2,(H,24,33). The molecular weight excluding hydrogens is 420 g/mol. The smallest absolute Gasteiger partial charge is 0.242 e. The predicted molar refractivity (Wildman–Crippen MR) is 124 cm³/mol. The molecule has 33 heavy (non-hydrogen) atoms. The fraction of sp³-hybridized carbons (Fsp3) is 0.435. The Kier molecular flexibility index (Phi) is 6.05. The lowest BCUT2D eigenvalue weighted by molar-refractivity contribution is -0.134. The van der Waals surface area contributed by atoms with Crippen LogP contribution >= 0.6 is 0 Å². The molecule has 0 saturated carbocycles. The lowest BCUT2D eigenvalue weighted by Gasteiger charge is -2.36. The molecule has 0 unspecified atom stereocenters. The summed E-state index contributed by atoms with van der Waals surface area (Å²) in [5.41, 5.74) is 1.89. The topological polar surface area (TPSA) is 99.0 Å². The van der Waals surface area contributed by atoms with Gasteiger partial charge in [0.2, 0.25) is 11.8 Å². The van der Waals surface area contributed by atoms with E-state index in [-0.39, 0.29) is 24.3 Å². The van der Waals surface area contributed by atoms with Crippen molar-refractivity contribution in [2.75, 3.05) is 55.6 Å². The lowest BCUT2D eigenvalue weighted by atomic mass is 9.96. The first-order valence-corrected chi connectivity index (χ1v) is 11.4. The fourth-order valence-electron chi connectivity index (χ4n) is 4.53. The van der Waals surface area contributed by atoms with Crippen LogP contribution in [-0.2, 0) is 9.59 Å². The van der Waals surface area contributed by atoms with Crippen LogP contribution < -0.4 is 15.1 Å². The van der Waals surface area contributed by atoms with Crippen molar-refractivity contribution < 1.29 is 9.59 Å². The van der Waals surface area contributed by atoms with Crippen LogP contribution in [-0.4, -0.2) is 82.3 Å². The van der Waals surface area contributed by atoms with Crippen molar-refractivity contribution in [3.63, 3.8) is 0 Å². The third kappa shape index (κ3) is 4.74. The minimum Gasteiger partial charge on any atom is -0.368 e. The van der Waals surface area contributed by atoms with E-state index < -0.39 is 0 Å². The third-order valence-corrected chi connectivity index (χ3v) is 6.50. The van der Waals surface area contributed by atoms with Gasteiger partial charge in [0.05, 0.1) is 6.54 Å². The quantitative estimate of drug-likeness (QED) is 0.617. The second-order valence-electron chi connectivity index (χ2n) is 8.51. The summed E-state index contributed by atoms with van der Waals surface area (Å²) < 4.78 is 1.65. The molecule has 172 valence electrons. The van der Waals surface area contributed by atoms with Crippen LogP contribution in [0.1, 0.15) is 12.8 Å². The van der Waals surface area contributed by atoms with Crippen molar-refractivity contribution in [3.8, 4) is 0 Å². The molecule has 2 aromatic heterocycles. The predicted octanol–water partition coefficient (Wildman–Crippen LogP) is 0.806. The second-order valence-corrected chi connectivity index (χ2v) is 8.51. The van der Waals surface area contributed by atoms with Gasteiger partial charge in [0, 0.05) is 50.9 Å². The largest absolute Gasteiger partial charge is 0.368 e. The molecule has 10 heteroatoms. The summed E-state index contributed by atoms with van der Waals surface area (Å²) in [5.74, 6) is 0.724. The van der Waals surface area contributed by atoms with Crippen molar-refractivity contribution in [2.24, 2.45) is 5.92 Å². The highest BCUT2D eigenvalue weighted by atomic mass is 16.2. The molecule has 2 saturated heterocycles. The van der Waals surface area contributed by atoms with Crippen molar-refractivity contribution in [2.45, 2.75) is 12.8 Å². The Balaban J connectivity index is 1.05. The summed E-state index contributed by atoms with van der Waals surface area (Å²) in [5, 5.41) is 15.2. The van der Waals surface area contributed by atoms with Crippen LogP contribution in [0.25, 0.3) is 5.65 Å². The van der Waals surface area contributed by atoms with Gasteiger partial charge in [0.15, 0.2) is 5.65 Å². The zero-order chi connectivity index (χ0) is 22.6. The summed E-state index contributed by atoms with van der Waals surface area (Å²) in [6.45, 7) is 4.50. The van der Waals surface area contributed by atoms with E-state index in [2.05, 4.69) is 42.5 Å². The van der Waals surface area contributed by atoms with Crippen molar-refractivity contribution in [3.05, 3.63) is 48.8 Å². The van der Waals surface area contributed by atoms with E-state index in [1.807, 2.05) is 35.2 Å². The van der Waals surface area contributed by atoms with Crippen LogP contribution in [0.5, 0.6) is 0 Å². The molecule has 0 radical (unpaired) electrons. The number of carbonyl (C=O) groups excluding carboxylic acids is 2. The molecule has 4 heterocycles. The highest BCUT2D eigenvalue weighted by Gasteiger charge is 2.27. The van der Waals surface area contributed by atoms with Gasteiger partial charge in [-0.05, 0) is 37.1 Å². The fourth-order valence-corrected chi connectivity index (χ4v) is 4.53. The van der Waals surface area contributed by atoms with E-state index in [1.54, 1.807) is 10.8 Å². The molecule has 2 aliphatic rings. The molecule has 2 aliphatic heterocycles. The summed E-state index contributed by atoms with van der Waals surface area (Å²) in [4.78, 5) is 31.6. The first kappa shape index (κ1) is 21.2. The van der Waals surface area contributed by atoms with Crippen LogP contribution in [0.4, 0.5) is 11.5 Å². The van der Waals surface area contributed by atoms with Gasteiger partial charge in [-0.25, -0.2) is 0 Å². The second kappa shape index (κ2) is 9.43. The molecular formula is C23H28N8O2. The maximum Gasteiger partial charge on any atom is 0.242 e. The Labute approximate surface area is 192 Å². The number of hydrogen-bond donors (Lipinski definition) is 1. The molecule has 0 aliphatic carbocycles. The van der Waals surface area contributed by atoms with Crippen LogP contribution in [0.2, 0.25) is 0 Å². The van der Waals surface area contributed by atoms with Crippen molar-refractivity contribution >= 4 is 29.0 Å². The Morgan fingerprint density at radius 1 is 0.909 bits per heavy atom. The number of amides is 2. The number of aromatic nitrogens is 4. The van der Waals surface area contributed by atoms with Gasteiger partial charge in [0.1, 0.15) is 12.1 Å². The first-order valence-electron chi connectivity index (χ1n) is 11.4. The molecule has 0 spiro atoms. The lowest BCUT2D eigenvalue weighted by Crippen LogP contribution is -2.52. The van der Waals surface area contributed by atoms with Crippen molar-refractivity contribution in [1.82, 2.24) is 30.0 Å². The molecule has 2 fully saturated rings. The number of rotatable bonds is 5. The Hall–Kier alpha value is -3.69. The number of hydrogen-bond acceptors (Lipinski definition) is 7. The van der Waals surface area contributed by atoms with Gasteiger partial charge in [-0.15, -0.1) is 15.3 Å². The molecule has 0 atom stereocenters. The molecule has 2 amide bonds. The maximum atomic E-state index is 12.7. The molecule has 3 aromatic rings. The summed E-state index contributed by atoms with van der Waals surface area (Å²) >= 11 is 0. The monoisotopic (exact) mass is 448 g/mol. The Bertz CT molecular complexity index is 1100. The first-order chi connectivity index (χ1) is 16.2. The highest BCUT2D eigenvalue weighted by Crippen LogP contribution is 2.22. The number of carbonyl (C=O) groups is 2. The Morgan fingerprint density at radius 3 is 2.42 bits per heavy atom. The average molecular weight is 449 g/mol. The van der Waals surface area contributed by atoms with E-state index in [0.717, 1.165) is 44.8 Å². The molecule has 1 aromatic carbocycles. The van der Waals surface area contributed by atoms with Gasteiger partial charge in [0.25, 0.3) is 0 Å². The highest BCUT2D eigenvalue weighted by molar-refractivity contribution is 5.86. The number of nitrogens with one attached hydrogen (secondary N) is 1. The number of fused-ring (bicyclic) bond motifs is 1. The number of para-hydroxylation sites is 1. The summed E-state index contributed by atoms with van der Waals surface area (Å²) in [7, 11) is 0. The van der Waals surface area contributed by atoms with Crippen LogP contribution in [0.15, 0.2) is 48.8 Å². The van der Waals surface area contributed by atoms with Gasteiger partial charge in [-0.3, -0.25) is 9.59 Å². The minimum atomic E-state index is -0.0809. The summed E-state index contributed by atoms with van der Waals surface area (Å²) in [6, 6.07) is 14.1. The molecule has 1 N–H and O–H groups in total. The zero-order valence-corrected chi connectivity index (χ0v) is 18.5. The van der Waals surface area contributed by atoms with Crippen LogP contribution in [0.3, 0.4) is 0 Å². The van der Waals surface area contributed by atoms with E-state index in [9.17, 15) is 9.59 Å². The van der Waals surface area contributed by atoms with E-state index in [4.69, 9.17) is 0 Å². The molecule has 5 rings (SSSR count). The van der Waals surface area contributed by atoms with Crippen LogP contribution in [0, 0.1) is 5.92 Å². The van der Waals surface area contributed by atoms with Crippen molar-refractivity contribution in [1.29, 1.82) is 0 Å². The molecule has 10 nitrogen and oxygen atoms in total. The SMILES string of the molecule is O=C(NCC(=O)N1CCN(c2ccccc2)CC1)C1CCN(c2ccc3nncn3n2)CC1. The summed E-state index contributed by atoms with van der Waals surface area (Å²) in [6.07, 6.45) is 3.05. The normalized spacial score (nSPS) is 17.4. The van der Waals surface area contributed by atoms with Gasteiger partial charge in [-0.1, -0.05) is 18.2 Å². The molecule has 0 bridgehead atoms. The number of nitrogens with zero attached hydrogens (tertiary/aromatic N) is 7. The average Bonchev–Trinajstić information content (AvgIpc) is 3.36. The number of benzene rings is 1. The maximum absolute atomic E-state index is 12.7. The number of anilines is 2. The van der Waals surface area contributed by atoms with E-state index in [1.165, 1.54) is 5.69 Å². The number of piperazine rings is 1. The minimum absolute atomic E-state index is 0.0139. The van der Waals surface area contributed by atoms with E-state index in [0.29, 0.717) is 18.7 Å². The Morgan fingerprint density at radius 2 is 1.67 bits per heavy atom.